The Labute approximate surface area is 224 Å². The molecule has 2 saturated heterocycles. The smallest absolute Gasteiger partial charge is 0.295 e. The van der Waals surface area contributed by atoms with Crippen LogP contribution in [0.1, 0.15) is 42.5 Å². The zero-order valence-electron chi connectivity index (χ0n) is 22.3. The van der Waals surface area contributed by atoms with Gasteiger partial charge in [0.25, 0.3) is 11.7 Å². The van der Waals surface area contributed by atoms with E-state index in [1.165, 1.54) is 43.3 Å². The number of likely N-dealkylation sites (tertiary alicyclic amines) is 1. The lowest BCUT2D eigenvalue weighted by molar-refractivity contribution is -0.140. The highest BCUT2D eigenvalue weighted by atomic mass is 32.2. The summed E-state index contributed by atoms with van der Waals surface area (Å²) in [5.74, 6) is -1.44. The van der Waals surface area contributed by atoms with Crippen LogP contribution in [-0.2, 0) is 24.3 Å². The molecule has 2 aromatic rings. The van der Waals surface area contributed by atoms with E-state index in [9.17, 15) is 23.1 Å². The first-order valence-corrected chi connectivity index (χ1v) is 14.2. The Morgan fingerprint density at radius 2 is 1.61 bits per heavy atom. The van der Waals surface area contributed by atoms with Crippen LogP contribution < -0.4 is 0 Å². The molecule has 0 aromatic heterocycles. The minimum Gasteiger partial charge on any atom is -0.507 e. The van der Waals surface area contributed by atoms with Gasteiger partial charge in [0, 0.05) is 45.8 Å². The van der Waals surface area contributed by atoms with Crippen molar-refractivity contribution in [3.05, 3.63) is 70.8 Å². The molecule has 9 nitrogen and oxygen atoms in total. The van der Waals surface area contributed by atoms with Crippen LogP contribution in [0.4, 0.5) is 0 Å². The zero-order valence-corrected chi connectivity index (χ0v) is 23.1. The van der Waals surface area contributed by atoms with E-state index in [-0.39, 0.29) is 21.8 Å². The van der Waals surface area contributed by atoms with E-state index in [4.69, 9.17) is 4.74 Å². The number of aliphatic hydroxyl groups excluding tert-OH is 1. The van der Waals surface area contributed by atoms with Crippen LogP contribution >= 0.6 is 0 Å². The van der Waals surface area contributed by atoms with E-state index >= 15 is 0 Å². The number of nitrogens with zero attached hydrogens (tertiary/aromatic N) is 3. The average molecular weight is 542 g/mol. The first-order valence-electron chi connectivity index (χ1n) is 12.7. The van der Waals surface area contributed by atoms with E-state index in [2.05, 4.69) is 18.7 Å². The molecule has 1 unspecified atom stereocenters. The van der Waals surface area contributed by atoms with Gasteiger partial charge in [0.2, 0.25) is 10.0 Å². The normalized spacial score (nSPS) is 20.6. The minimum absolute atomic E-state index is 0.00232. The highest BCUT2D eigenvalue weighted by Gasteiger charge is 2.46. The van der Waals surface area contributed by atoms with Crippen LogP contribution in [0.2, 0.25) is 0 Å². The van der Waals surface area contributed by atoms with Crippen LogP contribution in [0.25, 0.3) is 5.76 Å². The topological polar surface area (TPSA) is 107 Å². The number of Topliss-reactive ketones (excluding diaryl/α,β-unsaturated/α-hetero) is 1. The molecule has 0 spiro atoms. The molecule has 2 fully saturated rings. The van der Waals surface area contributed by atoms with Gasteiger partial charge in [0.1, 0.15) is 5.76 Å². The number of ether oxygens (including phenoxy) is 1. The molecule has 1 N–H and O–H groups in total. The van der Waals surface area contributed by atoms with Crippen LogP contribution in [0, 0.1) is 0 Å². The number of carbonyl (C=O) groups excluding carboxylic acids is 2. The minimum atomic E-state index is -3.66. The Balaban J connectivity index is 1.74. The highest BCUT2D eigenvalue weighted by Crippen LogP contribution is 2.39. The van der Waals surface area contributed by atoms with Crippen molar-refractivity contribution >= 4 is 27.5 Å². The van der Waals surface area contributed by atoms with Crippen LogP contribution in [0.5, 0.6) is 0 Å². The van der Waals surface area contributed by atoms with Crippen molar-refractivity contribution in [3.8, 4) is 0 Å². The molecule has 0 aliphatic carbocycles. The molecule has 2 aromatic carbocycles. The molecule has 0 radical (unpaired) electrons. The molecule has 0 saturated carbocycles. The quantitative estimate of drug-likeness (QED) is 0.311. The third kappa shape index (κ3) is 5.54. The lowest BCUT2D eigenvalue weighted by Gasteiger charge is -2.31. The van der Waals surface area contributed by atoms with Gasteiger partial charge in [-0.15, -0.1) is 0 Å². The Kier molecular flexibility index (Phi) is 8.37. The summed E-state index contributed by atoms with van der Waals surface area (Å²) >= 11 is 0. The van der Waals surface area contributed by atoms with Crippen LogP contribution in [0.3, 0.4) is 0 Å². The highest BCUT2D eigenvalue weighted by molar-refractivity contribution is 7.89. The second-order valence-corrected chi connectivity index (χ2v) is 12.2. The molecule has 4 rings (SSSR count). The predicted molar refractivity (Wildman–Crippen MR) is 144 cm³/mol. The SMILES string of the molecule is CC(C)c1ccc(C2C(=C(O)c3ccc(S(=O)(=O)N(C)C)cc3)C(=O)C(=O)N2CCN2CCOCC2)cc1. The summed E-state index contributed by atoms with van der Waals surface area (Å²) in [6.45, 7) is 7.82. The van der Waals surface area contributed by atoms with Gasteiger partial charge in [0.15, 0.2) is 0 Å². The lowest BCUT2D eigenvalue weighted by atomic mass is 9.93. The van der Waals surface area contributed by atoms with Crippen molar-refractivity contribution in [1.29, 1.82) is 0 Å². The standard InChI is InChI=1S/C28H35N3O6S/c1-19(2)20-5-7-21(8-6-20)25-24(26(32)22-9-11-23(12-10-22)38(35,36)29(3)4)27(33)28(34)31(25)14-13-30-15-17-37-18-16-30/h5-12,19,25,32H,13-18H2,1-4H3. The molecule has 204 valence electrons. The Hall–Kier alpha value is -3.05. The van der Waals surface area contributed by atoms with Gasteiger partial charge in [-0.1, -0.05) is 38.1 Å². The Morgan fingerprint density at radius 1 is 1.00 bits per heavy atom. The number of aliphatic hydroxyl groups is 1. The molecule has 2 aliphatic rings. The van der Waals surface area contributed by atoms with Crippen molar-refractivity contribution in [1.82, 2.24) is 14.1 Å². The van der Waals surface area contributed by atoms with Crippen molar-refractivity contribution in [3.63, 3.8) is 0 Å². The second-order valence-electron chi connectivity index (χ2n) is 10.1. The number of ketones is 1. The summed E-state index contributed by atoms with van der Waals surface area (Å²) in [7, 11) is -0.784. The van der Waals surface area contributed by atoms with Gasteiger partial charge in [-0.05, 0) is 41.3 Å². The maximum atomic E-state index is 13.3. The maximum Gasteiger partial charge on any atom is 0.295 e. The second kappa shape index (κ2) is 11.4. The molecule has 10 heteroatoms. The summed E-state index contributed by atoms with van der Waals surface area (Å²) in [5.41, 5.74) is 2.11. The number of amides is 1. The van der Waals surface area contributed by atoms with Gasteiger partial charge in [-0.3, -0.25) is 14.5 Å². The van der Waals surface area contributed by atoms with Gasteiger partial charge < -0.3 is 14.7 Å². The predicted octanol–water partition coefficient (Wildman–Crippen LogP) is 2.81. The maximum absolute atomic E-state index is 13.3. The van der Waals surface area contributed by atoms with Crippen molar-refractivity contribution in [2.45, 2.75) is 30.7 Å². The molecular weight excluding hydrogens is 506 g/mol. The first-order chi connectivity index (χ1) is 18.0. The number of sulfonamides is 1. The third-order valence-electron chi connectivity index (χ3n) is 7.13. The number of hydrogen-bond donors (Lipinski definition) is 1. The first kappa shape index (κ1) is 28.0. The fourth-order valence-corrected chi connectivity index (χ4v) is 5.65. The Bertz CT molecular complexity index is 1310. The van der Waals surface area contributed by atoms with Crippen LogP contribution in [-0.4, -0.2) is 92.8 Å². The number of rotatable bonds is 8. The molecule has 1 atom stereocenters. The van der Waals surface area contributed by atoms with E-state index in [0.29, 0.717) is 32.2 Å². The number of benzene rings is 2. The van der Waals surface area contributed by atoms with E-state index in [1.54, 1.807) is 0 Å². The average Bonchev–Trinajstić information content (AvgIpc) is 3.17. The van der Waals surface area contributed by atoms with Gasteiger partial charge in [0.05, 0.1) is 29.7 Å². The fraction of sp³-hybridized carbons (Fsp3) is 0.429. The summed E-state index contributed by atoms with van der Waals surface area (Å²) < 4.78 is 31.4. The number of hydrogen-bond acceptors (Lipinski definition) is 7. The van der Waals surface area contributed by atoms with E-state index in [1.807, 2.05) is 24.3 Å². The third-order valence-corrected chi connectivity index (χ3v) is 8.96. The van der Waals surface area contributed by atoms with Gasteiger partial charge >= 0.3 is 0 Å². The number of morpholine rings is 1. The summed E-state index contributed by atoms with van der Waals surface area (Å²) in [5, 5.41) is 11.3. The molecule has 38 heavy (non-hydrogen) atoms. The lowest BCUT2D eigenvalue weighted by Crippen LogP contribution is -2.42. The zero-order chi connectivity index (χ0) is 27.6. The monoisotopic (exact) mass is 541 g/mol. The van der Waals surface area contributed by atoms with Crippen molar-refractivity contribution < 1.29 is 27.9 Å². The van der Waals surface area contributed by atoms with Crippen LogP contribution in [0.15, 0.2) is 59.0 Å². The molecule has 0 bridgehead atoms. The molecule has 1 amide bonds. The van der Waals surface area contributed by atoms with Crippen molar-refractivity contribution in [2.75, 3.05) is 53.5 Å². The van der Waals surface area contributed by atoms with E-state index < -0.39 is 27.8 Å². The summed E-state index contributed by atoms with van der Waals surface area (Å²) in [6, 6.07) is 12.6. The number of carbonyl (C=O) groups is 2. The molecular formula is C28H35N3O6S. The van der Waals surface area contributed by atoms with Gasteiger partial charge in [-0.2, -0.15) is 0 Å². The summed E-state index contributed by atoms with van der Waals surface area (Å²) in [4.78, 5) is 30.3. The largest absolute Gasteiger partial charge is 0.507 e. The summed E-state index contributed by atoms with van der Waals surface area (Å²) in [6.07, 6.45) is 0. The van der Waals surface area contributed by atoms with Crippen molar-refractivity contribution in [2.24, 2.45) is 0 Å². The Morgan fingerprint density at radius 3 is 2.16 bits per heavy atom. The fourth-order valence-electron chi connectivity index (χ4n) is 4.75. The van der Waals surface area contributed by atoms with E-state index in [0.717, 1.165) is 28.5 Å². The molecule has 2 aliphatic heterocycles. The molecule has 2 heterocycles. The van der Waals surface area contributed by atoms with Gasteiger partial charge in [-0.25, -0.2) is 12.7 Å².